The van der Waals surface area contributed by atoms with Gasteiger partial charge in [-0.3, -0.25) is 0 Å². The first-order chi connectivity index (χ1) is 13.4. The van der Waals surface area contributed by atoms with E-state index in [1.165, 1.54) is 6.07 Å². The van der Waals surface area contributed by atoms with E-state index >= 15 is 0 Å². The monoisotopic (exact) mass is 404 g/mol. The number of nitrogens with two attached hydrogens (primary N) is 1. The summed E-state index contributed by atoms with van der Waals surface area (Å²) in [4.78, 5) is 8.37. The SMILES string of the molecule is Cc1cc(F)c2oc(-c3c(Cl)nc(N)nc3N[C@@H]3C[C@H](CO)C[C@H]3C)cc2c1. The number of aryl methyl sites for hydroxylation is 1. The number of hydrogen-bond donors (Lipinski definition) is 3. The van der Waals surface area contributed by atoms with E-state index in [9.17, 15) is 9.50 Å². The van der Waals surface area contributed by atoms with Crippen molar-refractivity contribution in [1.82, 2.24) is 9.97 Å². The van der Waals surface area contributed by atoms with Gasteiger partial charge in [0.2, 0.25) is 5.95 Å². The second-order valence-electron chi connectivity index (χ2n) is 7.62. The van der Waals surface area contributed by atoms with Crippen LogP contribution >= 0.6 is 11.6 Å². The van der Waals surface area contributed by atoms with Crippen LogP contribution in [0.5, 0.6) is 0 Å². The van der Waals surface area contributed by atoms with Gasteiger partial charge >= 0.3 is 0 Å². The third-order valence-corrected chi connectivity index (χ3v) is 5.68. The molecule has 1 aromatic carbocycles. The smallest absolute Gasteiger partial charge is 0.223 e. The van der Waals surface area contributed by atoms with E-state index in [0.717, 1.165) is 18.4 Å². The van der Waals surface area contributed by atoms with Crippen molar-refractivity contribution in [3.05, 3.63) is 34.7 Å². The Hall–Kier alpha value is -2.38. The lowest BCUT2D eigenvalue weighted by atomic mass is 10.1. The Kier molecular flexibility index (Phi) is 4.89. The molecule has 0 saturated heterocycles. The highest BCUT2D eigenvalue weighted by molar-refractivity contribution is 6.32. The van der Waals surface area contributed by atoms with Gasteiger partial charge in [-0.05, 0) is 55.4 Å². The van der Waals surface area contributed by atoms with Crippen LogP contribution in [0.15, 0.2) is 22.6 Å². The van der Waals surface area contributed by atoms with Crippen LogP contribution in [0.3, 0.4) is 0 Å². The number of nitrogens with zero attached hydrogens (tertiary/aromatic N) is 2. The number of fused-ring (bicyclic) bond motifs is 1. The fraction of sp³-hybridized carbons (Fsp3) is 0.400. The van der Waals surface area contributed by atoms with Crippen LogP contribution in [0.4, 0.5) is 16.2 Å². The van der Waals surface area contributed by atoms with Crippen LogP contribution < -0.4 is 11.1 Å². The van der Waals surface area contributed by atoms with Crippen molar-refractivity contribution < 1.29 is 13.9 Å². The molecule has 1 saturated carbocycles. The van der Waals surface area contributed by atoms with Gasteiger partial charge in [-0.1, -0.05) is 18.5 Å². The molecule has 3 atom stereocenters. The van der Waals surface area contributed by atoms with E-state index < -0.39 is 5.82 Å². The first kappa shape index (κ1) is 19.0. The minimum Gasteiger partial charge on any atom is -0.453 e. The van der Waals surface area contributed by atoms with Gasteiger partial charge in [-0.15, -0.1) is 0 Å². The molecular weight excluding hydrogens is 383 g/mol. The number of aromatic nitrogens is 2. The van der Waals surface area contributed by atoms with Crippen molar-refractivity contribution in [2.75, 3.05) is 17.7 Å². The van der Waals surface area contributed by atoms with Gasteiger partial charge in [-0.2, -0.15) is 4.98 Å². The van der Waals surface area contributed by atoms with E-state index in [0.29, 0.717) is 28.4 Å². The standard InChI is InChI=1S/C20H22ClFN4O2/c1-9-3-12-7-15(28-17(12)13(22)4-9)16-18(21)25-20(23)26-19(16)24-14-6-11(8-27)5-10(14)2/h3-4,7,10-11,14,27H,5-6,8H2,1-2H3,(H3,23,24,25,26)/t10-,11-,14-/m1/s1. The normalized spacial score (nSPS) is 22.1. The topological polar surface area (TPSA) is 97.2 Å². The number of hydrogen-bond acceptors (Lipinski definition) is 6. The lowest BCUT2D eigenvalue weighted by Gasteiger charge is -2.20. The molecule has 0 spiro atoms. The largest absolute Gasteiger partial charge is 0.453 e. The molecule has 1 aliphatic carbocycles. The van der Waals surface area contributed by atoms with E-state index in [2.05, 4.69) is 22.2 Å². The van der Waals surface area contributed by atoms with Crippen molar-refractivity contribution in [2.45, 2.75) is 32.7 Å². The van der Waals surface area contributed by atoms with E-state index in [-0.39, 0.29) is 35.3 Å². The summed E-state index contributed by atoms with van der Waals surface area (Å²) in [5, 5.41) is 13.6. The second-order valence-corrected chi connectivity index (χ2v) is 7.98. The fourth-order valence-electron chi connectivity index (χ4n) is 4.05. The molecular formula is C20H22ClFN4O2. The number of rotatable bonds is 4. The predicted octanol–water partition coefficient (Wildman–Crippen LogP) is 4.39. The number of benzene rings is 1. The maximum absolute atomic E-state index is 14.3. The first-order valence-electron chi connectivity index (χ1n) is 9.26. The van der Waals surface area contributed by atoms with Crippen LogP contribution in [-0.4, -0.2) is 27.7 Å². The van der Waals surface area contributed by atoms with Crippen LogP contribution in [0.25, 0.3) is 22.3 Å². The summed E-state index contributed by atoms with van der Waals surface area (Å²) < 4.78 is 20.1. The summed E-state index contributed by atoms with van der Waals surface area (Å²) in [7, 11) is 0. The van der Waals surface area contributed by atoms with Crippen LogP contribution in [0.2, 0.25) is 5.15 Å². The number of aliphatic hydroxyl groups is 1. The third-order valence-electron chi connectivity index (χ3n) is 5.40. The Morgan fingerprint density at radius 1 is 1.32 bits per heavy atom. The highest BCUT2D eigenvalue weighted by Crippen LogP contribution is 2.40. The molecule has 4 N–H and O–H groups in total. The van der Waals surface area contributed by atoms with Crippen molar-refractivity contribution in [3.63, 3.8) is 0 Å². The molecule has 0 unspecified atom stereocenters. The zero-order valence-electron chi connectivity index (χ0n) is 15.7. The molecule has 8 heteroatoms. The van der Waals surface area contributed by atoms with Gasteiger partial charge in [0.25, 0.3) is 0 Å². The minimum absolute atomic E-state index is 0.0405. The van der Waals surface area contributed by atoms with Gasteiger partial charge < -0.3 is 20.6 Å². The number of furan rings is 1. The van der Waals surface area contributed by atoms with Gasteiger partial charge in [0.05, 0.1) is 5.56 Å². The van der Waals surface area contributed by atoms with Crippen LogP contribution in [0, 0.1) is 24.6 Å². The summed E-state index contributed by atoms with van der Waals surface area (Å²) in [5.41, 5.74) is 7.22. The van der Waals surface area contributed by atoms with Crippen LogP contribution in [-0.2, 0) is 0 Å². The predicted molar refractivity (Wildman–Crippen MR) is 108 cm³/mol. The van der Waals surface area contributed by atoms with Crippen LogP contribution in [0.1, 0.15) is 25.3 Å². The lowest BCUT2D eigenvalue weighted by Crippen LogP contribution is -2.23. The summed E-state index contributed by atoms with van der Waals surface area (Å²) in [5.74, 6) is 1.02. The summed E-state index contributed by atoms with van der Waals surface area (Å²) in [6, 6.07) is 5.09. The lowest BCUT2D eigenvalue weighted by molar-refractivity contribution is 0.226. The molecule has 3 aromatic rings. The van der Waals surface area contributed by atoms with Crippen molar-refractivity contribution in [1.29, 1.82) is 0 Å². The number of halogens is 2. The van der Waals surface area contributed by atoms with Crippen molar-refractivity contribution in [2.24, 2.45) is 11.8 Å². The molecule has 0 bridgehead atoms. The van der Waals surface area contributed by atoms with Crippen molar-refractivity contribution >= 4 is 34.3 Å². The Bertz CT molecular complexity index is 1040. The molecule has 0 aliphatic heterocycles. The molecule has 6 nitrogen and oxygen atoms in total. The molecule has 0 radical (unpaired) electrons. The first-order valence-corrected chi connectivity index (χ1v) is 9.64. The minimum atomic E-state index is -0.432. The Balaban J connectivity index is 1.78. The quantitative estimate of drug-likeness (QED) is 0.558. The highest BCUT2D eigenvalue weighted by Gasteiger charge is 2.32. The molecule has 0 amide bonds. The Morgan fingerprint density at radius 3 is 2.82 bits per heavy atom. The van der Waals surface area contributed by atoms with Crippen molar-refractivity contribution in [3.8, 4) is 11.3 Å². The van der Waals surface area contributed by atoms with E-state index in [1.807, 2.05) is 13.0 Å². The molecule has 28 heavy (non-hydrogen) atoms. The molecule has 2 heterocycles. The number of nitrogens with one attached hydrogen (secondary N) is 1. The maximum atomic E-state index is 14.3. The fourth-order valence-corrected chi connectivity index (χ4v) is 4.32. The average Bonchev–Trinajstić information content (AvgIpc) is 3.18. The number of aliphatic hydroxyl groups excluding tert-OH is 1. The van der Waals surface area contributed by atoms with Gasteiger partial charge in [0.15, 0.2) is 11.4 Å². The van der Waals surface area contributed by atoms with E-state index in [4.69, 9.17) is 21.8 Å². The third kappa shape index (κ3) is 3.40. The summed E-state index contributed by atoms with van der Waals surface area (Å²) in [6.07, 6.45) is 1.74. The average molecular weight is 405 g/mol. The Labute approximate surface area is 166 Å². The zero-order valence-corrected chi connectivity index (χ0v) is 16.4. The Morgan fingerprint density at radius 2 is 2.11 bits per heavy atom. The molecule has 4 rings (SSSR count). The number of nitrogen functional groups attached to an aromatic ring is 1. The van der Waals surface area contributed by atoms with Gasteiger partial charge in [0, 0.05) is 18.0 Å². The summed E-state index contributed by atoms with van der Waals surface area (Å²) in [6.45, 7) is 4.10. The molecule has 148 valence electrons. The molecule has 1 aliphatic rings. The number of anilines is 2. The zero-order chi connectivity index (χ0) is 20.0. The van der Waals surface area contributed by atoms with Gasteiger partial charge in [0.1, 0.15) is 16.7 Å². The highest BCUT2D eigenvalue weighted by atomic mass is 35.5. The second kappa shape index (κ2) is 7.22. The maximum Gasteiger partial charge on any atom is 0.223 e. The molecule has 1 fully saturated rings. The molecule has 2 aromatic heterocycles. The van der Waals surface area contributed by atoms with E-state index in [1.54, 1.807) is 6.07 Å². The summed E-state index contributed by atoms with van der Waals surface area (Å²) >= 11 is 6.38. The van der Waals surface area contributed by atoms with Gasteiger partial charge in [-0.25, -0.2) is 9.37 Å².